The van der Waals surface area contributed by atoms with Crippen LogP contribution in [-0.4, -0.2) is 47.3 Å². The zero-order valence-corrected chi connectivity index (χ0v) is 18.9. The van der Waals surface area contributed by atoms with E-state index >= 15 is 0 Å². The highest BCUT2D eigenvalue weighted by Crippen LogP contribution is 2.27. The first-order valence-corrected chi connectivity index (χ1v) is 11.8. The van der Waals surface area contributed by atoms with Crippen molar-refractivity contribution in [2.75, 3.05) is 32.8 Å². The number of fused-ring (bicyclic) bond motifs is 1. The zero-order valence-electron chi connectivity index (χ0n) is 16.5. The minimum absolute atomic E-state index is 0.0109. The van der Waals surface area contributed by atoms with Crippen molar-refractivity contribution in [3.05, 3.63) is 68.7 Å². The molecule has 3 aromatic rings. The van der Waals surface area contributed by atoms with Crippen LogP contribution in [0.5, 0.6) is 0 Å². The molecule has 0 radical (unpaired) electrons. The van der Waals surface area contributed by atoms with Gasteiger partial charge in [0.15, 0.2) is 5.16 Å². The van der Waals surface area contributed by atoms with Crippen LogP contribution in [0, 0.1) is 5.82 Å². The van der Waals surface area contributed by atoms with Crippen molar-refractivity contribution < 1.29 is 9.13 Å². The molecule has 0 spiro atoms. The highest BCUT2D eigenvalue weighted by Gasteiger charge is 2.14. The van der Waals surface area contributed by atoms with Gasteiger partial charge in [-0.1, -0.05) is 45.9 Å². The van der Waals surface area contributed by atoms with E-state index in [-0.39, 0.29) is 11.4 Å². The Kier molecular flexibility index (Phi) is 7.20. The molecule has 0 amide bonds. The predicted octanol–water partition coefficient (Wildman–Crippen LogP) is 4.31. The summed E-state index contributed by atoms with van der Waals surface area (Å²) in [5.74, 6) is 0.314. The summed E-state index contributed by atoms with van der Waals surface area (Å²) in [6.07, 6.45) is 0.869. The molecule has 4 rings (SSSR count). The van der Waals surface area contributed by atoms with Gasteiger partial charge in [-0.15, -0.1) is 0 Å². The average Bonchev–Trinajstić information content (AvgIpc) is 2.76. The van der Waals surface area contributed by atoms with Gasteiger partial charge in [-0.2, -0.15) is 0 Å². The Labute approximate surface area is 187 Å². The zero-order chi connectivity index (χ0) is 20.9. The Hall–Kier alpha value is -1.74. The fraction of sp³-hybridized carbons (Fsp3) is 0.364. The number of hydrogen-bond acceptors (Lipinski definition) is 5. The van der Waals surface area contributed by atoms with E-state index in [1.54, 1.807) is 10.6 Å². The molecule has 1 aromatic heterocycles. The van der Waals surface area contributed by atoms with Crippen LogP contribution in [0.2, 0.25) is 0 Å². The van der Waals surface area contributed by atoms with Crippen LogP contribution in [0.25, 0.3) is 10.9 Å². The van der Waals surface area contributed by atoms with E-state index in [1.165, 1.54) is 23.9 Å². The molecular weight excluding hydrogens is 469 g/mol. The number of thioether (sulfide) groups is 1. The van der Waals surface area contributed by atoms with Gasteiger partial charge in [0, 0.05) is 36.4 Å². The highest BCUT2D eigenvalue weighted by atomic mass is 79.9. The monoisotopic (exact) mass is 491 g/mol. The van der Waals surface area contributed by atoms with Crippen LogP contribution in [0.4, 0.5) is 4.39 Å². The molecule has 158 valence electrons. The van der Waals surface area contributed by atoms with Gasteiger partial charge < -0.3 is 4.74 Å². The number of para-hydroxylation sites is 1. The van der Waals surface area contributed by atoms with E-state index in [0.717, 1.165) is 49.3 Å². The van der Waals surface area contributed by atoms with Gasteiger partial charge in [0.05, 0.1) is 24.1 Å². The number of ether oxygens (including phenoxy) is 1. The lowest BCUT2D eigenvalue weighted by atomic mass is 10.2. The number of morpholine rings is 1. The fourth-order valence-electron chi connectivity index (χ4n) is 3.51. The topological polar surface area (TPSA) is 47.4 Å². The minimum Gasteiger partial charge on any atom is -0.379 e. The van der Waals surface area contributed by atoms with Crippen molar-refractivity contribution in [3.8, 4) is 0 Å². The summed E-state index contributed by atoms with van der Waals surface area (Å²) in [4.78, 5) is 20.3. The molecule has 1 aliphatic heterocycles. The highest BCUT2D eigenvalue weighted by molar-refractivity contribution is 9.10. The molecule has 2 heterocycles. The largest absolute Gasteiger partial charge is 0.379 e. The van der Waals surface area contributed by atoms with Gasteiger partial charge in [0.2, 0.25) is 0 Å². The maximum Gasteiger partial charge on any atom is 0.262 e. The van der Waals surface area contributed by atoms with Crippen molar-refractivity contribution in [1.29, 1.82) is 0 Å². The molecule has 30 heavy (non-hydrogen) atoms. The van der Waals surface area contributed by atoms with Crippen LogP contribution in [0.3, 0.4) is 0 Å². The molecule has 0 aliphatic carbocycles. The third-order valence-electron chi connectivity index (χ3n) is 5.16. The van der Waals surface area contributed by atoms with Gasteiger partial charge in [-0.05, 0) is 36.2 Å². The summed E-state index contributed by atoms with van der Waals surface area (Å²) < 4.78 is 21.3. The third-order valence-corrected chi connectivity index (χ3v) is 6.92. The summed E-state index contributed by atoms with van der Waals surface area (Å²) in [5.41, 5.74) is 1.65. The normalized spacial score (nSPS) is 15.0. The maximum absolute atomic E-state index is 13.4. The summed E-state index contributed by atoms with van der Waals surface area (Å²) in [5, 5.41) is 1.33. The molecule has 1 saturated heterocycles. The standard InChI is InChI=1S/C22H23BrFN3O2S/c23-19-14-17(24)7-6-16(19)15-30-22-25-20-5-2-1-4-18(20)21(28)27(22)9-3-8-26-10-12-29-13-11-26/h1-2,4-7,14H,3,8-13,15H2. The first-order valence-electron chi connectivity index (χ1n) is 9.98. The van der Waals surface area contributed by atoms with E-state index in [1.807, 2.05) is 24.3 Å². The SMILES string of the molecule is O=c1c2ccccc2nc(SCc2ccc(F)cc2Br)n1CCCN1CCOCC1. The van der Waals surface area contributed by atoms with Crippen LogP contribution >= 0.6 is 27.7 Å². The molecule has 0 bridgehead atoms. The Balaban J connectivity index is 1.56. The number of nitrogens with zero attached hydrogens (tertiary/aromatic N) is 3. The number of halogens is 2. The summed E-state index contributed by atoms with van der Waals surface area (Å²) in [6.45, 7) is 4.95. The molecule has 0 atom stereocenters. The van der Waals surface area contributed by atoms with Gasteiger partial charge in [0.25, 0.3) is 5.56 Å². The van der Waals surface area contributed by atoms with Crippen LogP contribution in [-0.2, 0) is 17.0 Å². The van der Waals surface area contributed by atoms with Crippen molar-refractivity contribution in [2.24, 2.45) is 0 Å². The van der Waals surface area contributed by atoms with Crippen LogP contribution in [0.1, 0.15) is 12.0 Å². The first-order chi connectivity index (χ1) is 14.6. The number of aromatic nitrogens is 2. The van der Waals surface area contributed by atoms with Crippen LogP contribution < -0.4 is 5.56 Å². The quantitative estimate of drug-likeness (QED) is 0.364. The second-order valence-electron chi connectivity index (χ2n) is 7.20. The smallest absolute Gasteiger partial charge is 0.262 e. The molecule has 0 saturated carbocycles. The van der Waals surface area contributed by atoms with E-state index < -0.39 is 0 Å². The van der Waals surface area contributed by atoms with Gasteiger partial charge >= 0.3 is 0 Å². The lowest BCUT2D eigenvalue weighted by Crippen LogP contribution is -2.37. The van der Waals surface area contributed by atoms with E-state index in [0.29, 0.717) is 28.4 Å². The Morgan fingerprint density at radius 2 is 1.93 bits per heavy atom. The summed E-state index contributed by atoms with van der Waals surface area (Å²) in [6, 6.07) is 12.1. The van der Waals surface area contributed by atoms with E-state index in [4.69, 9.17) is 9.72 Å². The molecule has 2 aromatic carbocycles. The van der Waals surface area contributed by atoms with Crippen molar-refractivity contribution in [2.45, 2.75) is 23.9 Å². The predicted molar refractivity (Wildman–Crippen MR) is 122 cm³/mol. The van der Waals surface area contributed by atoms with Gasteiger partial charge in [-0.25, -0.2) is 9.37 Å². The lowest BCUT2D eigenvalue weighted by Gasteiger charge is -2.26. The second kappa shape index (κ2) is 10.0. The maximum atomic E-state index is 13.4. The van der Waals surface area contributed by atoms with Crippen LogP contribution in [0.15, 0.2) is 56.9 Å². The Morgan fingerprint density at radius 1 is 1.13 bits per heavy atom. The molecule has 5 nitrogen and oxygen atoms in total. The first kappa shape index (κ1) is 21.5. The average molecular weight is 492 g/mol. The lowest BCUT2D eigenvalue weighted by molar-refractivity contribution is 0.0368. The Morgan fingerprint density at radius 3 is 2.73 bits per heavy atom. The van der Waals surface area contributed by atoms with Crippen molar-refractivity contribution >= 4 is 38.6 Å². The summed E-state index contributed by atoms with van der Waals surface area (Å²) in [7, 11) is 0. The van der Waals surface area contributed by atoms with E-state index in [9.17, 15) is 9.18 Å². The van der Waals surface area contributed by atoms with Gasteiger partial charge in [-0.3, -0.25) is 14.3 Å². The molecule has 1 aliphatic rings. The Bertz CT molecular complexity index is 1090. The number of benzene rings is 2. The molecule has 1 fully saturated rings. The van der Waals surface area contributed by atoms with Crippen molar-refractivity contribution in [3.63, 3.8) is 0 Å². The van der Waals surface area contributed by atoms with E-state index in [2.05, 4.69) is 20.8 Å². The minimum atomic E-state index is -0.278. The molecular formula is C22H23BrFN3O2S. The van der Waals surface area contributed by atoms with Crippen molar-refractivity contribution in [1.82, 2.24) is 14.5 Å². The molecule has 0 unspecified atom stereocenters. The molecule has 0 N–H and O–H groups in total. The molecule has 8 heteroatoms. The fourth-order valence-corrected chi connectivity index (χ4v) is 5.22. The third kappa shape index (κ3) is 5.11. The number of rotatable bonds is 7. The van der Waals surface area contributed by atoms with Gasteiger partial charge in [0.1, 0.15) is 5.82 Å². The summed E-state index contributed by atoms with van der Waals surface area (Å²) >= 11 is 4.92. The second-order valence-corrected chi connectivity index (χ2v) is 9.00. The number of hydrogen-bond donors (Lipinski definition) is 0.